The molecule has 0 spiro atoms. The van der Waals surface area contributed by atoms with Crippen LogP contribution in [0, 0.1) is 0 Å². The highest BCUT2D eigenvalue weighted by Crippen LogP contribution is 2.45. The summed E-state index contributed by atoms with van der Waals surface area (Å²) in [6.45, 7) is -8.87. The molecule has 1 unspecified atom stereocenters. The summed E-state index contributed by atoms with van der Waals surface area (Å²) in [6, 6.07) is -2.73. The van der Waals surface area contributed by atoms with Gasteiger partial charge >= 0.3 is 11.9 Å². The third-order valence-electron chi connectivity index (χ3n) is 23.5. The maximum atomic E-state index is 13.9. The number of carboxylic acid groups (broad SMARTS) is 2. The van der Waals surface area contributed by atoms with Gasteiger partial charge in [-0.2, -0.15) is 0 Å². The van der Waals surface area contributed by atoms with Gasteiger partial charge in [0, 0.05) is 13.3 Å². The monoisotopic (exact) mass is 1880 g/mol. The number of ether oxygens (including phenoxy) is 19. The summed E-state index contributed by atoms with van der Waals surface area (Å²) in [6.07, 6.45) is -124. The Morgan fingerprint density at radius 2 is 0.797 bits per heavy atom. The van der Waals surface area contributed by atoms with Gasteiger partial charge in [0.15, 0.2) is 50.3 Å². The topological polar surface area (TPSA) is 973 Å². The smallest absolute Gasteiger partial charge is 0.367 e. The molecule has 0 aliphatic carbocycles. The average Bonchev–Trinajstić information content (AvgIpc) is 0.732. The van der Waals surface area contributed by atoms with Crippen molar-refractivity contribution in [2.75, 3.05) is 59.5 Å². The molecule has 0 bridgehead atoms. The molecule has 0 aromatic heterocycles. The number of aliphatic hydroxyl groups is 33. The standard InChI is InChI=1S/C69H116N2O57/c1-13-26(84)30(88)25(71-14(2)77)58(114-13)111-10-19(81)47-36(94)33(91)42(100)62(118-47)124-55-34(92)29(87)24(8-76)116-65(55)122-53-43(101)48(20(82)11-113-60-40(98)32(90)35(93)46(117-60)16(78)4-72)119-63(44(53)102)123-54-45(103)64(120-50(17(79)5-73)56(54)125-61-41(99)31(89)28(86)23(7-75)115-61)121-52-22(3-68(109,66(105)106)127-51(52)18(80)6-74)126-69(67(107)108)57(104)38(96)37(95)49(128-69)21(83)12-112-59-39(97)27(85)15(70)9-110-59/h13,15-65,72-76,78-104,109H,3-12,70H2,1-2H3,(H,71,77)(H,105,106)(H,107,108)/t13-,15+,16+,17+,18-,19+,20+,21-,22-,23-,24-,25-,26-,27+,28-,29-,30-,31+,32+,33+,34+,35+,36+,37-,38+,39-,40+,41-,42+,43-,44+,45+,46-,47-,48-,49-,50-,51-,52-,53+,54-,55-,56-,57+,58-,59?,60+,61-,62-,63-,64-,65-,68-,69-/m1/s1. The van der Waals surface area contributed by atoms with Crippen molar-refractivity contribution in [2.24, 2.45) is 5.73 Å². The van der Waals surface area contributed by atoms with Gasteiger partial charge in [0.25, 0.3) is 11.6 Å². The summed E-state index contributed by atoms with van der Waals surface area (Å²) in [5.41, 5.74) is 5.71. The van der Waals surface area contributed by atoms with Crippen LogP contribution in [0.1, 0.15) is 20.3 Å². The summed E-state index contributed by atoms with van der Waals surface area (Å²) in [4.78, 5) is 39.1. The fourth-order valence-electron chi connectivity index (χ4n) is 16.1. The number of carbonyl (C=O) groups is 3. The number of carbonyl (C=O) groups excluding carboxylic acids is 1. The third kappa shape index (κ3) is 22.3. The molecule has 59 nitrogen and oxygen atoms in total. The molecular formula is C69H116N2O57. The van der Waals surface area contributed by atoms with E-state index in [2.05, 4.69) is 5.32 Å². The van der Waals surface area contributed by atoms with E-state index >= 15 is 0 Å². The summed E-state index contributed by atoms with van der Waals surface area (Å²) in [5.74, 6) is -13.8. The first-order valence-electron chi connectivity index (χ1n) is 40.1. The highest BCUT2D eigenvalue weighted by atomic mass is 16.8. The van der Waals surface area contributed by atoms with Gasteiger partial charge in [-0.15, -0.1) is 0 Å². The number of carboxylic acids is 2. The highest BCUT2D eigenvalue weighted by molar-refractivity contribution is 5.77. The summed E-state index contributed by atoms with van der Waals surface area (Å²) >= 11 is 0. The van der Waals surface area contributed by atoms with Crippen LogP contribution in [-0.4, -0.2) is 586 Å². The lowest BCUT2D eigenvalue weighted by molar-refractivity contribution is -0.422. The minimum atomic E-state index is -4.11. The van der Waals surface area contributed by atoms with E-state index in [0.717, 1.165) is 6.92 Å². The van der Waals surface area contributed by atoms with E-state index in [0.29, 0.717) is 0 Å². The van der Waals surface area contributed by atoms with E-state index in [9.17, 15) is 193 Å². The first-order valence-corrected chi connectivity index (χ1v) is 40.1. The van der Waals surface area contributed by atoms with E-state index in [1.165, 1.54) is 6.92 Å². The molecule has 38 N–H and O–H groups in total. The molecule has 10 saturated heterocycles. The number of amides is 1. The molecule has 59 heteroatoms. The highest BCUT2D eigenvalue weighted by Gasteiger charge is 2.68. The van der Waals surface area contributed by atoms with Gasteiger partial charge in [-0.25, -0.2) is 9.59 Å². The Balaban J connectivity index is 1.04. The number of nitrogens with one attached hydrogen (secondary N) is 1. The second-order valence-electron chi connectivity index (χ2n) is 32.4. The molecule has 0 radical (unpaired) electrons. The Hall–Kier alpha value is -3.71. The largest absolute Gasteiger partial charge is 0.477 e. The Morgan fingerprint density at radius 1 is 0.383 bits per heavy atom. The Morgan fingerprint density at radius 3 is 1.34 bits per heavy atom. The van der Waals surface area contributed by atoms with Gasteiger partial charge in [-0.3, -0.25) is 4.79 Å². The van der Waals surface area contributed by atoms with Crippen LogP contribution in [0.25, 0.3) is 0 Å². The van der Waals surface area contributed by atoms with Crippen LogP contribution in [0.15, 0.2) is 0 Å². The van der Waals surface area contributed by atoms with E-state index in [1.807, 2.05) is 0 Å². The zero-order valence-electron chi connectivity index (χ0n) is 67.3. The fourth-order valence-corrected chi connectivity index (χ4v) is 16.1. The molecule has 1 amide bonds. The normalized spacial score (nSPS) is 49.6. The predicted molar refractivity (Wildman–Crippen MR) is 384 cm³/mol. The molecule has 10 fully saturated rings. The van der Waals surface area contributed by atoms with Crippen molar-refractivity contribution >= 4 is 17.8 Å². The van der Waals surface area contributed by atoms with E-state index in [-0.39, 0.29) is 0 Å². The van der Waals surface area contributed by atoms with Crippen LogP contribution < -0.4 is 11.1 Å². The second-order valence-corrected chi connectivity index (χ2v) is 32.4. The Kier molecular flexibility index (Phi) is 37.1. The molecule has 0 aromatic rings. The zero-order valence-corrected chi connectivity index (χ0v) is 67.3. The molecule has 128 heavy (non-hydrogen) atoms. The number of hydrogen-bond donors (Lipinski definition) is 37. The summed E-state index contributed by atoms with van der Waals surface area (Å²) in [5, 5.41) is 396. The van der Waals surface area contributed by atoms with Crippen molar-refractivity contribution in [3.8, 4) is 0 Å². The Bertz CT molecular complexity index is 3480. The summed E-state index contributed by atoms with van der Waals surface area (Å²) < 4.78 is 109. The Labute approximate surface area is 720 Å². The van der Waals surface area contributed by atoms with Crippen LogP contribution in [0.4, 0.5) is 0 Å². The van der Waals surface area contributed by atoms with Gasteiger partial charge in [-0.1, -0.05) is 0 Å². The number of aliphatic carboxylic acids is 2. The number of aliphatic hydroxyl groups excluding tert-OH is 32. The maximum Gasteiger partial charge on any atom is 0.367 e. The van der Waals surface area contributed by atoms with Crippen molar-refractivity contribution in [1.29, 1.82) is 0 Å². The number of hydrogen-bond acceptors (Lipinski definition) is 56. The van der Waals surface area contributed by atoms with Crippen LogP contribution in [-0.2, 0) is 104 Å². The average molecular weight is 1890 g/mol. The van der Waals surface area contributed by atoms with Crippen molar-refractivity contribution in [3.63, 3.8) is 0 Å². The quantitative estimate of drug-likeness (QED) is 0.0280. The van der Waals surface area contributed by atoms with Crippen LogP contribution in [0.2, 0.25) is 0 Å². The van der Waals surface area contributed by atoms with Gasteiger partial charge in [-0.05, 0) is 6.92 Å². The number of nitrogens with two attached hydrogens (primary N) is 1. The molecule has 10 heterocycles. The van der Waals surface area contributed by atoms with Crippen molar-refractivity contribution in [2.45, 2.75) is 351 Å². The number of rotatable bonds is 35. The van der Waals surface area contributed by atoms with E-state index in [4.69, 9.17) is 95.7 Å². The van der Waals surface area contributed by atoms with Crippen molar-refractivity contribution < 1.29 is 283 Å². The minimum absolute atomic E-state index is 0.486. The molecule has 54 atom stereocenters. The predicted octanol–water partition coefficient (Wildman–Crippen LogP) is -24.9. The van der Waals surface area contributed by atoms with Gasteiger partial charge in [0.05, 0.1) is 77.7 Å². The van der Waals surface area contributed by atoms with Gasteiger partial charge in [0.1, 0.15) is 250 Å². The zero-order chi connectivity index (χ0) is 95.0. The lowest BCUT2D eigenvalue weighted by Crippen LogP contribution is -2.73. The van der Waals surface area contributed by atoms with Gasteiger partial charge < -0.3 is 280 Å². The molecule has 744 valence electrons. The van der Waals surface area contributed by atoms with Crippen molar-refractivity contribution in [1.82, 2.24) is 5.32 Å². The van der Waals surface area contributed by atoms with Crippen LogP contribution in [0.3, 0.4) is 0 Å². The van der Waals surface area contributed by atoms with E-state index < -0.39 is 414 Å². The SMILES string of the molecule is CC(=O)N[C@H]1[C@H](OC[C@H](O)[C@H]2O[C@H](O[C@H]3[C@@H](O[C@@H]4[C@H](O)[C@@H](O[C@@H]5[C@H](O)[C@@H](O[C@H]6[C@@H]([C@H](O)CO)O[C@@](O)(C(=O)O)C[C@H]6O[C@@]6(C(=O)O)O[C@H]([C@H](O)COC7OC[C@H](N)[C@H](O)[C@H]7O)[C@H](O)[C@H](O)[C@@H]6O)O[C@H]([C@@H](O)CO)[C@H]5O[C@H]5O[C@H](CO)[C@@H](O)[C@H](O)[C@H]5O)O[C@H]([C@@H](O)CO[C@H]5O[C@H]([C@@H](O)CO)[C@@H](O)[C@H](O)[C@@H]5O)[C@H]4O)O[C@H](CO)[C@@H](O)[C@@H]3O)[C@@H](O)[C@@H](O)[C@@H]2O)O[C@H](C)[C@@H](O)[C@@H]1O. The molecule has 10 aliphatic heterocycles. The van der Waals surface area contributed by atoms with E-state index in [1.54, 1.807) is 0 Å². The van der Waals surface area contributed by atoms with Gasteiger partial charge in [0.2, 0.25) is 5.91 Å². The minimum Gasteiger partial charge on any atom is -0.477 e. The lowest BCUT2D eigenvalue weighted by Gasteiger charge is -2.53. The second kappa shape index (κ2) is 44.6. The molecule has 0 aromatic carbocycles. The van der Waals surface area contributed by atoms with Crippen LogP contribution >= 0.6 is 0 Å². The fraction of sp³-hybridized carbons (Fsp3) is 0.957. The first-order chi connectivity index (χ1) is 60.1. The lowest BCUT2D eigenvalue weighted by atomic mass is 9.88. The maximum absolute atomic E-state index is 13.9. The molecule has 10 rings (SSSR count). The first kappa shape index (κ1) is 106. The summed E-state index contributed by atoms with van der Waals surface area (Å²) in [7, 11) is 0. The molecule has 10 aliphatic rings. The van der Waals surface area contributed by atoms with Crippen LogP contribution in [0.5, 0.6) is 0 Å². The third-order valence-corrected chi connectivity index (χ3v) is 23.5. The van der Waals surface area contributed by atoms with Crippen molar-refractivity contribution in [3.05, 3.63) is 0 Å². The molecule has 0 saturated carbocycles. The molecular weight excluding hydrogens is 1770 g/mol.